The molecule has 43 heavy (non-hydrogen) atoms. The molecule has 0 aromatic heterocycles. The van der Waals surface area contributed by atoms with Crippen molar-refractivity contribution in [3.63, 3.8) is 0 Å². The van der Waals surface area contributed by atoms with E-state index < -0.39 is 56.3 Å². The SMILES string of the molecule is [B]c1cc(CC(N)C(=O)NC(Cc2ccc(F)cc2)C(=O)OCC)cc([B])c1N(C([B])(O)C([B])([B])Cl)C([B])(O)C([B])(O)Cl. The Morgan fingerprint density at radius 2 is 1.49 bits per heavy atom. The van der Waals surface area contributed by atoms with Gasteiger partial charge in [0.1, 0.15) is 61.7 Å². The summed E-state index contributed by atoms with van der Waals surface area (Å²) in [6.07, 6.45) is -0.222. The number of alkyl halides is 2. The topological polar surface area (TPSA) is 145 Å². The molecule has 2 aromatic rings. The third-order valence-electron chi connectivity index (χ3n) is 6.25. The highest BCUT2D eigenvalue weighted by molar-refractivity contribution is 6.66. The molecule has 6 N–H and O–H groups in total. The first-order valence-electron chi connectivity index (χ1n) is 12.5. The molecule has 0 spiro atoms. The number of carbonyl (C=O) groups is 2. The Hall–Kier alpha value is -2.02. The summed E-state index contributed by atoms with van der Waals surface area (Å²) in [6.45, 7) is 1.63. The molecule has 0 saturated carbocycles. The van der Waals surface area contributed by atoms with E-state index in [9.17, 15) is 29.3 Å². The number of aliphatic hydroxyl groups is 3. The minimum absolute atomic E-state index is 0.00951. The van der Waals surface area contributed by atoms with Gasteiger partial charge in [-0.3, -0.25) is 4.79 Å². The van der Waals surface area contributed by atoms with E-state index in [4.69, 9.17) is 88.6 Å². The predicted molar refractivity (Wildman–Crippen MR) is 168 cm³/mol. The Morgan fingerprint density at radius 1 is 0.977 bits per heavy atom. The maximum atomic E-state index is 13.3. The average Bonchev–Trinajstić information content (AvgIpc) is 2.85. The maximum Gasteiger partial charge on any atom is 0.328 e. The number of hydrogen-bond donors (Lipinski definition) is 5. The molecule has 5 unspecified atom stereocenters. The largest absolute Gasteiger partial charge is 0.464 e. The fourth-order valence-electron chi connectivity index (χ4n) is 3.97. The van der Waals surface area contributed by atoms with E-state index in [1.54, 1.807) is 6.92 Å². The minimum Gasteiger partial charge on any atom is -0.464 e. The first kappa shape index (κ1) is 37.2. The lowest BCUT2D eigenvalue weighted by Crippen LogP contribution is -2.77. The zero-order chi connectivity index (χ0) is 33.1. The van der Waals surface area contributed by atoms with Crippen molar-refractivity contribution in [2.24, 2.45) is 5.73 Å². The molecule has 2 aromatic carbocycles. The molecule has 9 nitrogen and oxygen atoms in total. The summed E-state index contributed by atoms with van der Waals surface area (Å²) >= 11 is 11.5. The van der Waals surface area contributed by atoms with E-state index in [2.05, 4.69) is 5.32 Å². The molecule has 0 heterocycles. The molecule has 5 atom stereocenters. The molecule has 1 amide bonds. The second-order valence-corrected chi connectivity index (χ2v) is 11.0. The fourth-order valence-corrected chi connectivity index (χ4v) is 4.14. The highest BCUT2D eigenvalue weighted by Gasteiger charge is 2.54. The van der Waals surface area contributed by atoms with Gasteiger partial charge in [-0.05, 0) is 36.6 Å². The summed E-state index contributed by atoms with van der Waals surface area (Å²) in [5.41, 5.74) is -1.04. The second kappa shape index (κ2) is 14.0. The fraction of sp³-hybridized carbons (Fsp3) is 0.417. The van der Waals surface area contributed by atoms with Crippen LogP contribution in [0.1, 0.15) is 18.1 Å². The molecule has 2 rings (SSSR count). The number of nitrogens with zero attached hydrogens (tertiary/aromatic N) is 1. The Bertz CT molecular complexity index is 1260. The van der Waals surface area contributed by atoms with Gasteiger partial charge in [0.15, 0.2) is 0 Å². The number of amides is 1. The van der Waals surface area contributed by atoms with Crippen molar-refractivity contribution in [1.29, 1.82) is 0 Å². The third kappa shape index (κ3) is 8.80. The van der Waals surface area contributed by atoms with Gasteiger partial charge in [0, 0.05) is 16.8 Å². The van der Waals surface area contributed by atoms with Gasteiger partial charge in [-0.25, -0.2) is 9.18 Å². The van der Waals surface area contributed by atoms with E-state index in [-0.39, 0.29) is 40.8 Å². The zero-order valence-electron chi connectivity index (χ0n) is 23.0. The molecule has 19 heteroatoms. The van der Waals surface area contributed by atoms with Crippen molar-refractivity contribution in [2.75, 3.05) is 11.5 Å². The lowest BCUT2D eigenvalue weighted by atomic mass is 9.54. The maximum absolute atomic E-state index is 13.3. The molecule has 0 saturated heterocycles. The smallest absolute Gasteiger partial charge is 0.328 e. The summed E-state index contributed by atoms with van der Waals surface area (Å²) in [7, 11) is 40.3. The number of nitrogens with two attached hydrogens (primary N) is 1. The van der Waals surface area contributed by atoms with Gasteiger partial charge in [-0.1, -0.05) is 46.8 Å². The average molecular weight is 615 g/mol. The summed E-state index contributed by atoms with van der Waals surface area (Å²) < 4.78 is 15.5. The van der Waals surface area contributed by atoms with Gasteiger partial charge in [-0.15, -0.1) is 11.6 Å². The molecule has 0 fully saturated rings. The predicted octanol–water partition coefficient (Wildman–Crippen LogP) is -3.71. The van der Waals surface area contributed by atoms with Crippen LogP contribution in [0.5, 0.6) is 0 Å². The Kier molecular flexibility index (Phi) is 12.1. The molecule has 0 aliphatic heterocycles. The van der Waals surface area contributed by atoms with Crippen LogP contribution in [0.4, 0.5) is 10.1 Å². The number of carbonyl (C=O) groups excluding carboxylic acids is 2. The van der Waals surface area contributed by atoms with E-state index in [1.807, 2.05) is 0 Å². The number of nitrogens with one attached hydrogen (secondary N) is 1. The quantitative estimate of drug-likeness (QED) is 0.0671. The monoisotopic (exact) mass is 615 g/mol. The Labute approximate surface area is 268 Å². The molecule has 0 aliphatic carbocycles. The van der Waals surface area contributed by atoms with Crippen molar-refractivity contribution >= 4 is 107 Å². The number of ether oxygens (including phenoxy) is 1. The lowest BCUT2D eigenvalue weighted by molar-refractivity contribution is -0.147. The molecular weight excluding hydrogens is 592 g/mol. The van der Waals surface area contributed by atoms with Crippen LogP contribution in [-0.4, -0.2) is 122 Å². The van der Waals surface area contributed by atoms with Crippen LogP contribution >= 0.6 is 23.2 Å². The highest BCUT2D eigenvalue weighted by Crippen LogP contribution is 2.37. The zero-order valence-corrected chi connectivity index (χ0v) is 24.5. The van der Waals surface area contributed by atoms with Crippen molar-refractivity contribution in [3.8, 4) is 0 Å². The van der Waals surface area contributed by atoms with Crippen LogP contribution in [-0.2, 0) is 27.2 Å². The van der Waals surface area contributed by atoms with Gasteiger partial charge in [0.25, 0.3) is 0 Å². The van der Waals surface area contributed by atoms with E-state index in [0.29, 0.717) is 5.56 Å². The first-order valence-corrected chi connectivity index (χ1v) is 13.2. The van der Waals surface area contributed by atoms with Gasteiger partial charge < -0.3 is 36.0 Å². The van der Waals surface area contributed by atoms with Crippen molar-refractivity contribution in [2.45, 2.75) is 52.7 Å². The standard InChI is InChI=1S/C24H23B7Cl2FN3O6/c1-2-43-20(39)17(10-11-3-5-13(34)6-4-11)36-19(38)16(35)9-12-7-14(25)18(15(26)8-12)37(23(30,41)21(27,28)32)24(31,42)22(29,33)40/h3-8,16-17,40-42H,2,9-10,35H2,1H3,(H,36,38). The number of esters is 1. The van der Waals surface area contributed by atoms with Crippen molar-refractivity contribution < 1.29 is 34.0 Å². The summed E-state index contributed by atoms with van der Waals surface area (Å²) in [4.78, 5) is 22.4. The second-order valence-electron chi connectivity index (χ2n) is 9.81. The van der Waals surface area contributed by atoms with Crippen LogP contribution < -0.4 is 26.9 Å². The number of halogens is 3. The van der Waals surface area contributed by atoms with Gasteiger partial charge >= 0.3 is 5.97 Å². The molecule has 0 aliphatic rings. The number of rotatable bonds is 13. The van der Waals surface area contributed by atoms with Crippen molar-refractivity contribution in [1.82, 2.24) is 5.32 Å². The summed E-state index contributed by atoms with van der Waals surface area (Å²) in [5.74, 6) is -1.97. The lowest BCUT2D eigenvalue weighted by Gasteiger charge is -2.57. The Balaban J connectivity index is 2.39. The summed E-state index contributed by atoms with van der Waals surface area (Å²) in [6, 6.07) is 5.30. The van der Waals surface area contributed by atoms with Gasteiger partial charge in [-0.2, -0.15) is 0 Å². The first-order chi connectivity index (χ1) is 19.5. The Morgan fingerprint density at radius 3 is 1.93 bits per heavy atom. The van der Waals surface area contributed by atoms with Crippen molar-refractivity contribution in [3.05, 3.63) is 53.3 Å². The third-order valence-corrected chi connectivity index (χ3v) is 6.80. The highest BCUT2D eigenvalue weighted by atomic mass is 35.5. The van der Waals surface area contributed by atoms with Crippen LogP contribution in [0.2, 0.25) is 0 Å². The number of hydrogen-bond acceptors (Lipinski definition) is 8. The van der Waals surface area contributed by atoms with Crippen LogP contribution in [0, 0.1) is 5.82 Å². The minimum atomic E-state index is -3.37. The number of benzene rings is 2. The van der Waals surface area contributed by atoms with E-state index in [1.165, 1.54) is 36.4 Å². The molecule has 0 bridgehead atoms. The van der Waals surface area contributed by atoms with Gasteiger partial charge in [0.2, 0.25) is 5.91 Å². The van der Waals surface area contributed by atoms with Crippen LogP contribution in [0.15, 0.2) is 36.4 Å². The number of anilines is 1. The van der Waals surface area contributed by atoms with E-state index >= 15 is 0 Å². The normalized spacial score (nSPS) is 17.4. The molecular formula is C24H23B7Cl2FN3O6. The van der Waals surface area contributed by atoms with Crippen LogP contribution in [0.25, 0.3) is 0 Å². The molecule has 14 radical (unpaired) electrons. The van der Waals surface area contributed by atoms with Crippen LogP contribution in [0.3, 0.4) is 0 Å². The molecule has 212 valence electrons. The van der Waals surface area contributed by atoms with E-state index in [0.717, 1.165) is 0 Å². The summed E-state index contributed by atoms with van der Waals surface area (Å²) in [5, 5.41) is 34.4. The van der Waals surface area contributed by atoms with Gasteiger partial charge in [0.05, 0.1) is 34.0 Å².